The number of methoxy groups -OCH3 is 1. The van der Waals surface area contributed by atoms with Gasteiger partial charge in [0, 0.05) is 34.6 Å². The number of ether oxygens (including phenoxy) is 1. The van der Waals surface area contributed by atoms with Crippen molar-refractivity contribution >= 4 is 22.7 Å². The third-order valence-corrected chi connectivity index (χ3v) is 6.85. The molecule has 1 N–H and O–H groups in total. The van der Waals surface area contributed by atoms with Crippen LogP contribution in [-0.4, -0.2) is 52.3 Å². The molecule has 6 nitrogen and oxygen atoms in total. The van der Waals surface area contributed by atoms with Gasteiger partial charge in [-0.05, 0) is 31.0 Å². The van der Waals surface area contributed by atoms with Gasteiger partial charge in [-0.3, -0.25) is 9.59 Å². The zero-order valence-electron chi connectivity index (χ0n) is 18.1. The Labute approximate surface area is 181 Å². The van der Waals surface area contributed by atoms with Crippen LogP contribution >= 0.6 is 0 Å². The number of aromatic amines is 1. The minimum absolute atomic E-state index is 0.0230. The van der Waals surface area contributed by atoms with Crippen molar-refractivity contribution < 1.29 is 14.3 Å². The average molecular weight is 418 g/mol. The highest BCUT2D eigenvalue weighted by molar-refractivity contribution is 5.98. The van der Waals surface area contributed by atoms with Gasteiger partial charge in [0.25, 0.3) is 0 Å². The van der Waals surface area contributed by atoms with E-state index in [0.29, 0.717) is 12.2 Å². The number of hydrogen-bond donors (Lipinski definition) is 1. The molecule has 3 atom stereocenters. The van der Waals surface area contributed by atoms with Gasteiger partial charge in [-0.1, -0.05) is 43.3 Å². The Hall–Kier alpha value is -3.28. The van der Waals surface area contributed by atoms with Gasteiger partial charge < -0.3 is 19.5 Å². The van der Waals surface area contributed by atoms with Crippen molar-refractivity contribution in [3.05, 3.63) is 65.4 Å². The Bertz CT molecular complexity index is 1170. The summed E-state index contributed by atoms with van der Waals surface area (Å²) in [4.78, 5) is 34.2. The number of aromatic nitrogens is 1. The Kier molecular flexibility index (Phi) is 4.73. The van der Waals surface area contributed by atoms with Crippen LogP contribution in [0, 0.1) is 0 Å². The first-order valence-electron chi connectivity index (χ1n) is 10.9. The molecule has 3 heterocycles. The normalized spacial score (nSPS) is 21.8. The van der Waals surface area contributed by atoms with Crippen molar-refractivity contribution in [2.24, 2.45) is 0 Å². The summed E-state index contributed by atoms with van der Waals surface area (Å²) in [6.45, 7) is 4.18. The second kappa shape index (κ2) is 7.45. The number of piperazine rings is 1. The molecule has 160 valence electrons. The predicted molar refractivity (Wildman–Crippen MR) is 119 cm³/mol. The van der Waals surface area contributed by atoms with Crippen molar-refractivity contribution in [3.8, 4) is 5.75 Å². The number of nitrogens with zero attached hydrogens (tertiary/aromatic N) is 2. The van der Waals surface area contributed by atoms with Crippen molar-refractivity contribution in [1.82, 2.24) is 14.8 Å². The summed E-state index contributed by atoms with van der Waals surface area (Å²) >= 11 is 0. The molecule has 2 aromatic carbocycles. The standard InChI is InChI=1S/C25H27N3O3/c1-4-15(2)27-14-22(29)28-20(25(27)30)13-18-16-9-5-7-11-19(16)26-23(18)24(28)17-10-6-8-12-21(17)31-3/h5-12,15,20,24,26H,4,13-14H2,1-3H3. The molecule has 6 heteroatoms. The fraction of sp³-hybridized carbons (Fsp3) is 0.360. The molecule has 0 aliphatic carbocycles. The Balaban J connectivity index is 1.73. The molecule has 0 spiro atoms. The maximum atomic E-state index is 13.6. The molecule has 0 radical (unpaired) electrons. The SMILES string of the molecule is CCC(C)N1CC(=O)N2C(Cc3c([nH]c4ccccc34)C2c2ccccc2OC)C1=O. The largest absolute Gasteiger partial charge is 0.496 e. The van der Waals surface area contributed by atoms with Crippen molar-refractivity contribution in [1.29, 1.82) is 0 Å². The number of fused-ring (bicyclic) bond motifs is 4. The number of H-pyrrole nitrogens is 1. The molecular formula is C25H27N3O3. The molecule has 2 aliphatic heterocycles. The molecule has 1 aromatic heterocycles. The molecule has 0 saturated carbocycles. The lowest BCUT2D eigenvalue weighted by Gasteiger charge is -2.48. The minimum atomic E-state index is -0.517. The summed E-state index contributed by atoms with van der Waals surface area (Å²) in [7, 11) is 1.64. The predicted octanol–water partition coefficient (Wildman–Crippen LogP) is 3.66. The monoisotopic (exact) mass is 417 g/mol. The Morgan fingerprint density at radius 3 is 2.65 bits per heavy atom. The summed E-state index contributed by atoms with van der Waals surface area (Å²) in [5.41, 5.74) is 3.99. The van der Waals surface area contributed by atoms with E-state index in [2.05, 4.69) is 11.1 Å². The summed E-state index contributed by atoms with van der Waals surface area (Å²) < 4.78 is 5.66. The van der Waals surface area contributed by atoms with Gasteiger partial charge in [0.1, 0.15) is 24.4 Å². The molecule has 5 rings (SSSR count). The molecule has 2 amide bonds. The number of nitrogens with one attached hydrogen (secondary N) is 1. The third kappa shape index (κ3) is 2.92. The van der Waals surface area contributed by atoms with Crippen LogP contribution in [0.4, 0.5) is 0 Å². The van der Waals surface area contributed by atoms with Crippen molar-refractivity contribution in [2.45, 2.75) is 44.8 Å². The first-order chi connectivity index (χ1) is 15.0. The van der Waals surface area contributed by atoms with E-state index >= 15 is 0 Å². The van der Waals surface area contributed by atoms with Crippen LogP contribution in [0.3, 0.4) is 0 Å². The zero-order chi connectivity index (χ0) is 21.7. The molecule has 1 saturated heterocycles. The average Bonchev–Trinajstić information content (AvgIpc) is 3.18. The number of carbonyl (C=O) groups is 2. The van der Waals surface area contributed by atoms with E-state index in [1.165, 1.54) is 0 Å². The Morgan fingerprint density at radius 2 is 1.87 bits per heavy atom. The number of amides is 2. The van der Waals surface area contributed by atoms with Crippen LogP contribution in [0.5, 0.6) is 5.75 Å². The smallest absolute Gasteiger partial charge is 0.246 e. The minimum Gasteiger partial charge on any atom is -0.496 e. The van der Waals surface area contributed by atoms with Gasteiger partial charge in [0.15, 0.2) is 0 Å². The van der Waals surface area contributed by atoms with E-state index < -0.39 is 12.1 Å². The van der Waals surface area contributed by atoms with Crippen LogP contribution in [0.2, 0.25) is 0 Å². The van der Waals surface area contributed by atoms with Gasteiger partial charge >= 0.3 is 0 Å². The highest BCUT2D eigenvalue weighted by Gasteiger charge is 2.49. The molecular weight excluding hydrogens is 390 g/mol. The molecule has 3 aromatic rings. The third-order valence-electron chi connectivity index (χ3n) is 6.85. The van der Waals surface area contributed by atoms with Crippen LogP contribution in [0.1, 0.15) is 43.1 Å². The van der Waals surface area contributed by atoms with E-state index in [1.807, 2.05) is 56.3 Å². The van der Waals surface area contributed by atoms with Crippen LogP contribution in [0.25, 0.3) is 10.9 Å². The van der Waals surface area contributed by atoms with E-state index in [4.69, 9.17) is 4.74 Å². The molecule has 1 fully saturated rings. The fourth-order valence-electron chi connectivity index (χ4n) is 5.10. The van der Waals surface area contributed by atoms with Crippen molar-refractivity contribution in [2.75, 3.05) is 13.7 Å². The lowest BCUT2D eigenvalue weighted by molar-refractivity contribution is -0.160. The van der Waals surface area contributed by atoms with Gasteiger partial charge in [-0.15, -0.1) is 0 Å². The van der Waals surface area contributed by atoms with Crippen LogP contribution in [0.15, 0.2) is 48.5 Å². The second-order valence-electron chi connectivity index (χ2n) is 8.45. The molecule has 31 heavy (non-hydrogen) atoms. The molecule has 2 aliphatic rings. The fourth-order valence-corrected chi connectivity index (χ4v) is 5.10. The van der Waals surface area contributed by atoms with Gasteiger partial charge in [0.05, 0.1) is 7.11 Å². The van der Waals surface area contributed by atoms with E-state index in [1.54, 1.807) is 16.9 Å². The van der Waals surface area contributed by atoms with Gasteiger partial charge in [-0.25, -0.2) is 0 Å². The maximum Gasteiger partial charge on any atom is 0.246 e. The number of hydrogen-bond acceptors (Lipinski definition) is 3. The number of rotatable bonds is 4. The summed E-state index contributed by atoms with van der Waals surface area (Å²) in [6, 6.07) is 15.0. The van der Waals surface area contributed by atoms with E-state index in [-0.39, 0.29) is 24.4 Å². The first kappa shape index (κ1) is 19.7. The molecule has 3 unspecified atom stereocenters. The van der Waals surface area contributed by atoms with E-state index in [9.17, 15) is 9.59 Å². The topological polar surface area (TPSA) is 65.6 Å². The van der Waals surface area contributed by atoms with E-state index in [0.717, 1.165) is 34.1 Å². The summed E-state index contributed by atoms with van der Waals surface area (Å²) in [5.74, 6) is 0.720. The highest BCUT2D eigenvalue weighted by atomic mass is 16.5. The summed E-state index contributed by atoms with van der Waals surface area (Å²) in [5, 5.41) is 1.11. The van der Waals surface area contributed by atoms with Gasteiger partial charge in [0.2, 0.25) is 11.8 Å². The van der Waals surface area contributed by atoms with Crippen LogP contribution < -0.4 is 4.74 Å². The lowest BCUT2D eigenvalue weighted by Crippen LogP contribution is -2.64. The second-order valence-corrected chi connectivity index (χ2v) is 8.45. The zero-order valence-corrected chi connectivity index (χ0v) is 18.1. The highest BCUT2D eigenvalue weighted by Crippen LogP contribution is 2.44. The van der Waals surface area contributed by atoms with Crippen LogP contribution in [-0.2, 0) is 16.0 Å². The molecule has 0 bridgehead atoms. The van der Waals surface area contributed by atoms with Gasteiger partial charge in [-0.2, -0.15) is 0 Å². The summed E-state index contributed by atoms with van der Waals surface area (Å²) in [6.07, 6.45) is 1.34. The maximum absolute atomic E-state index is 13.6. The number of para-hydroxylation sites is 2. The number of carbonyl (C=O) groups excluding carboxylic acids is 2. The Morgan fingerprint density at radius 1 is 1.13 bits per heavy atom. The quantitative estimate of drug-likeness (QED) is 0.705. The first-order valence-corrected chi connectivity index (χ1v) is 10.9. The van der Waals surface area contributed by atoms with Crippen molar-refractivity contribution in [3.63, 3.8) is 0 Å². The lowest BCUT2D eigenvalue weighted by atomic mass is 9.85. The number of benzene rings is 2.